The standard InChI is InChI=1S/C20H28N2O2/c1-21(18-13-16-9-6-7-10-17(16)14-18)20(24)15-22-12-8-4-2-3-5-11-19(22)23/h6-7,9-10,18H,2-5,8,11-15H2,1H3. The predicted octanol–water partition coefficient (Wildman–Crippen LogP) is 2.80. The third kappa shape index (κ3) is 3.97. The Morgan fingerprint density at radius 3 is 2.42 bits per heavy atom. The van der Waals surface area contributed by atoms with E-state index in [0.717, 1.165) is 45.1 Å². The SMILES string of the molecule is CN(C(=O)CN1CCCCCCCC1=O)C1Cc2ccccc2C1. The molecule has 0 N–H and O–H groups in total. The zero-order chi connectivity index (χ0) is 16.9. The Bertz CT molecular complexity index is 574. The number of hydrogen-bond donors (Lipinski definition) is 0. The molecule has 0 saturated carbocycles. The first-order valence-corrected chi connectivity index (χ1v) is 9.25. The van der Waals surface area contributed by atoms with Crippen molar-refractivity contribution in [1.29, 1.82) is 0 Å². The molecule has 1 aliphatic heterocycles. The van der Waals surface area contributed by atoms with Gasteiger partial charge in [-0.3, -0.25) is 9.59 Å². The highest BCUT2D eigenvalue weighted by molar-refractivity contribution is 5.85. The Morgan fingerprint density at radius 2 is 1.71 bits per heavy atom. The normalized spacial score (nSPS) is 19.4. The van der Waals surface area contributed by atoms with Gasteiger partial charge in [0.05, 0.1) is 6.54 Å². The minimum absolute atomic E-state index is 0.0698. The first-order valence-electron chi connectivity index (χ1n) is 9.25. The van der Waals surface area contributed by atoms with Crippen LogP contribution in [0, 0.1) is 0 Å². The molecule has 130 valence electrons. The summed E-state index contributed by atoms with van der Waals surface area (Å²) in [5.74, 6) is 0.216. The summed E-state index contributed by atoms with van der Waals surface area (Å²) in [7, 11) is 1.89. The number of fused-ring (bicyclic) bond motifs is 1. The van der Waals surface area contributed by atoms with Crippen LogP contribution in [0.25, 0.3) is 0 Å². The van der Waals surface area contributed by atoms with Crippen LogP contribution in [-0.4, -0.2) is 47.8 Å². The molecule has 1 fully saturated rings. The van der Waals surface area contributed by atoms with Crippen LogP contribution in [-0.2, 0) is 22.4 Å². The lowest BCUT2D eigenvalue weighted by atomic mass is 10.1. The lowest BCUT2D eigenvalue weighted by Gasteiger charge is -2.28. The van der Waals surface area contributed by atoms with Crippen LogP contribution in [0.1, 0.15) is 49.7 Å². The first kappa shape index (κ1) is 17.0. The molecule has 1 heterocycles. The monoisotopic (exact) mass is 328 g/mol. The number of likely N-dealkylation sites (N-methyl/N-ethyl adjacent to an activating group) is 1. The van der Waals surface area contributed by atoms with E-state index >= 15 is 0 Å². The van der Waals surface area contributed by atoms with E-state index in [1.165, 1.54) is 17.5 Å². The van der Waals surface area contributed by atoms with Crippen molar-refractivity contribution >= 4 is 11.8 Å². The molecule has 2 aliphatic rings. The molecule has 1 aromatic rings. The summed E-state index contributed by atoms with van der Waals surface area (Å²) in [5, 5.41) is 0. The number of carbonyl (C=O) groups is 2. The summed E-state index contributed by atoms with van der Waals surface area (Å²) in [6.07, 6.45) is 7.90. The highest BCUT2D eigenvalue weighted by atomic mass is 16.2. The molecule has 0 aromatic heterocycles. The number of nitrogens with zero attached hydrogens (tertiary/aromatic N) is 2. The average Bonchev–Trinajstić information content (AvgIpc) is 3.05. The van der Waals surface area contributed by atoms with Crippen molar-refractivity contribution in [1.82, 2.24) is 9.80 Å². The van der Waals surface area contributed by atoms with Gasteiger partial charge in [-0.1, -0.05) is 43.5 Å². The lowest BCUT2D eigenvalue weighted by Crippen LogP contribution is -2.45. The number of rotatable bonds is 3. The zero-order valence-corrected chi connectivity index (χ0v) is 14.7. The minimum Gasteiger partial charge on any atom is -0.341 e. The smallest absolute Gasteiger partial charge is 0.242 e. The molecule has 2 amide bonds. The fraction of sp³-hybridized carbons (Fsp3) is 0.600. The summed E-state index contributed by atoms with van der Waals surface area (Å²) < 4.78 is 0. The van der Waals surface area contributed by atoms with Crippen LogP contribution >= 0.6 is 0 Å². The summed E-state index contributed by atoms with van der Waals surface area (Å²) in [6, 6.07) is 8.65. The Balaban J connectivity index is 1.58. The number of carbonyl (C=O) groups excluding carboxylic acids is 2. The number of amides is 2. The molecule has 0 atom stereocenters. The van der Waals surface area contributed by atoms with Crippen molar-refractivity contribution in [2.75, 3.05) is 20.1 Å². The van der Waals surface area contributed by atoms with Crippen LogP contribution in [0.3, 0.4) is 0 Å². The molecular weight excluding hydrogens is 300 g/mol. The van der Waals surface area contributed by atoms with Crippen LogP contribution < -0.4 is 0 Å². The second kappa shape index (κ2) is 7.82. The minimum atomic E-state index is 0.0698. The Hall–Kier alpha value is -1.84. The molecule has 24 heavy (non-hydrogen) atoms. The van der Waals surface area contributed by atoms with Crippen LogP contribution in [0.4, 0.5) is 0 Å². The van der Waals surface area contributed by atoms with Gasteiger partial charge in [-0.05, 0) is 36.8 Å². The van der Waals surface area contributed by atoms with Gasteiger partial charge in [0.1, 0.15) is 0 Å². The van der Waals surface area contributed by atoms with Gasteiger partial charge in [-0.25, -0.2) is 0 Å². The van der Waals surface area contributed by atoms with E-state index in [1.807, 2.05) is 11.9 Å². The van der Waals surface area contributed by atoms with Gasteiger partial charge in [-0.2, -0.15) is 0 Å². The Labute approximate surface area is 144 Å². The fourth-order valence-electron chi connectivity index (χ4n) is 3.85. The van der Waals surface area contributed by atoms with Crippen LogP contribution in [0.15, 0.2) is 24.3 Å². The molecule has 3 rings (SSSR count). The molecule has 1 aliphatic carbocycles. The van der Waals surface area contributed by atoms with Gasteiger partial charge in [-0.15, -0.1) is 0 Å². The highest BCUT2D eigenvalue weighted by Gasteiger charge is 2.28. The maximum atomic E-state index is 12.7. The Kier molecular flexibility index (Phi) is 5.54. The quantitative estimate of drug-likeness (QED) is 0.856. The molecule has 1 saturated heterocycles. The van der Waals surface area contributed by atoms with Crippen LogP contribution in [0.2, 0.25) is 0 Å². The summed E-state index contributed by atoms with van der Waals surface area (Å²) in [6.45, 7) is 0.964. The molecule has 0 spiro atoms. The maximum Gasteiger partial charge on any atom is 0.242 e. The lowest BCUT2D eigenvalue weighted by molar-refractivity contribution is -0.141. The Morgan fingerprint density at radius 1 is 1.08 bits per heavy atom. The van der Waals surface area contributed by atoms with E-state index in [0.29, 0.717) is 6.42 Å². The van der Waals surface area contributed by atoms with Gasteiger partial charge in [0.2, 0.25) is 11.8 Å². The van der Waals surface area contributed by atoms with Crippen molar-refractivity contribution in [2.24, 2.45) is 0 Å². The van der Waals surface area contributed by atoms with Crippen LogP contribution in [0.5, 0.6) is 0 Å². The van der Waals surface area contributed by atoms with E-state index in [9.17, 15) is 9.59 Å². The summed E-state index contributed by atoms with van der Waals surface area (Å²) in [4.78, 5) is 28.7. The second-order valence-corrected chi connectivity index (χ2v) is 7.17. The average molecular weight is 328 g/mol. The second-order valence-electron chi connectivity index (χ2n) is 7.17. The number of hydrogen-bond acceptors (Lipinski definition) is 2. The van der Waals surface area contributed by atoms with Crippen molar-refractivity contribution in [3.05, 3.63) is 35.4 Å². The largest absolute Gasteiger partial charge is 0.341 e. The fourth-order valence-corrected chi connectivity index (χ4v) is 3.85. The zero-order valence-electron chi connectivity index (χ0n) is 14.7. The van der Waals surface area contributed by atoms with E-state index < -0.39 is 0 Å². The van der Waals surface area contributed by atoms with Crippen molar-refractivity contribution in [3.63, 3.8) is 0 Å². The van der Waals surface area contributed by atoms with E-state index in [1.54, 1.807) is 4.90 Å². The highest BCUT2D eigenvalue weighted by Crippen LogP contribution is 2.25. The molecular formula is C20H28N2O2. The molecule has 0 bridgehead atoms. The van der Waals surface area contributed by atoms with Gasteiger partial charge < -0.3 is 9.80 Å². The number of benzene rings is 1. The molecule has 1 aromatic carbocycles. The van der Waals surface area contributed by atoms with Gasteiger partial charge in [0.25, 0.3) is 0 Å². The predicted molar refractivity (Wildman–Crippen MR) is 94.7 cm³/mol. The topological polar surface area (TPSA) is 40.6 Å². The van der Waals surface area contributed by atoms with Gasteiger partial charge in [0, 0.05) is 26.1 Å². The maximum absolute atomic E-state index is 12.7. The summed E-state index contributed by atoms with van der Waals surface area (Å²) >= 11 is 0. The molecule has 0 unspecified atom stereocenters. The third-order valence-electron chi connectivity index (χ3n) is 5.47. The van der Waals surface area contributed by atoms with E-state index in [-0.39, 0.29) is 24.4 Å². The molecule has 4 heteroatoms. The summed E-state index contributed by atoms with van der Waals surface area (Å²) in [5.41, 5.74) is 2.70. The molecule has 0 radical (unpaired) electrons. The van der Waals surface area contributed by atoms with Crippen molar-refractivity contribution < 1.29 is 9.59 Å². The van der Waals surface area contributed by atoms with E-state index in [4.69, 9.17) is 0 Å². The van der Waals surface area contributed by atoms with Gasteiger partial charge >= 0.3 is 0 Å². The van der Waals surface area contributed by atoms with Crippen molar-refractivity contribution in [2.45, 2.75) is 57.4 Å². The first-order chi connectivity index (χ1) is 11.6. The van der Waals surface area contributed by atoms with Gasteiger partial charge in [0.15, 0.2) is 0 Å². The molecule has 4 nitrogen and oxygen atoms in total. The van der Waals surface area contributed by atoms with Crippen molar-refractivity contribution in [3.8, 4) is 0 Å². The van der Waals surface area contributed by atoms with E-state index in [2.05, 4.69) is 24.3 Å². The third-order valence-corrected chi connectivity index (χ3v) is 5.47.